The smallest absolute Gasteiger partial charge is 0.258 e. The summed E-state index contributed by atoms with van der Waals surface area (Å²) in [7, 11) is 0. The maximum atomic E-state index is 11.2. The average Bonchev–Trinajstić information content (AvgIpc) is 2.64. The van der Waals surface area contributed by atoms with E-state index in [4.69, 9.17) is 0 Å². The molecular formula is C18H12N4O4. The lowest BCUT2D eigenvalue weighted by Crippen LogP contribution is -2.00. The van der Waals surface area contributed by atoms with Gasteiger partial charge in [0.25, 0.3) is 5.69 Å². The molecule has 1 aliphatic carbocycles. The zero-order chi connectivity index (χ0) is 18.5. The van der Waals surface area contributed by atoms with Crippen LogP contribution in [0.15, 0.2) is 82.8 Å². The second kappa shape index (κ2) is 7.31. The molecule has 2 aromatic carbocycles. The SMILES string of the molecule is O=[N+]([O-])c1ccc(N=C2C=CC(=Nc3ccccc3)C=C2)c([N+](=O)[O-])c1. The Morgan fingerprint density at radius 3 is 1.92 bits per heavy atom. The molecule has 0 saturated carbocycles. The van der Waals surface area contributed by atoms with E-state index in [0.717, 1.165) is 11.8 Å². The van der Waals surface area contributed by atoms with Crippen molar-refractivity contribution in [2.24, 2.45) is 9.98 Å². The Morgan fingerprint density at radius 1 is 0.731 bits per heavy atom. The highest BCUT2D eigenvalue weighted by Crippen LogP contribution is 2.31. The van der Waals surface area contributed by atoms with Crippen LogP contribution in [0, 0.1) is 20.2 Å². The maximum Gasteiger partial charge on any atom is 0.301 e. The van der Waals surface area contributed by atoms with E-state index in [1.807, 2.05) is 30.3 Å². The molecule has 3 rings (SSSR count). The van der Waals surface area contributed by atoms with Crippen molar-refractivity contribution in [3.05, 3.63) is 93.1 Å². The van der Waals surface area contributed by atoms with Crippen molar-refractivity contribution in [1.82, 2.24) is 0 Å². The minimum Gasteiger partial charge on any atom is -0.258 e. The molecule has 0 bridgehead atoms. The third kappa shape index (κ3) is 3.93. The van der Waals surface area contributed by atoms with Crippen LogP contribution in [0.4, 0.5) is 22.7 Å². The first-order valence-electron chi connectivity index (χ1n) is 7.54. The Morgan fingerprint density at radius 2 is 1.35 bits per heavy atom. The van der Waals surface area contributed by atoms with Crippen LogP contribution in [0.25, 0.3) is 0 Å². The van der Waals surface area contributed by atoms with Crippen LogP contribution in [0.5, 0.6) is 0 Å². The van der Waals surface area contributed by atoms with Gasteiger partial charge in [-0.25, -0.2) is 9.98 Å². The normalized spacial score (nSPS) is 12.8. The van der Waals surface area contributed by atoms with Crippen LogP contribution in [-0.2, 0) is 0 Å². The van der Waals surface area contributed by atoms with Gasteiger partial charge < -0.3 is 0 Å². The molecule has 0 aromatic heterocycles. The standard InChI is InChI=1S/C18H12N4O4/c23-21(24)16-10-11-17(18(12-16)22(25)26)20-15-8-6-14(7-9-15)19-13-4-2-1-3-5-13/h1-12H. The van der Waals surface area contributed by atoms with Crippen molar-refractivity contribution < 1.29 is 9.85 Å². The van der Waals surface area contributed by atoms with Crippen LogP contribution >= 0.6 is 0 Å². The maximum absolute atomic E-state index is 11.2. The number of nitrogens with zero attached hydrogens (tertiary/aromatic N) is 4. The molecule has 0 N–H and O–H groups in total. The Bertz CT molecular complexity index is 974. The monoisotopic (exact) mass is 348 g/mol. The number of aliphatic imine (C=N–C) groups is 2. The van der Waals surface area contributed by atoms with Gasteiger partial charge in [-0.2, -0.15) is 0 Å². The molecule has 128 valence electrons. The fourth-order valence-electron chi connectivity index (χ4n) is 2.26. The number of rotatable bonds is 4. The van der Waals surface area contributed by atoms with Crippen LogP contribution in [0.1, 0.15) is 0 Å². The number of allylic oxidation sites excluding steroid dienone is 4. The minimum atomic E-state index is -0.690. The zero-order valence-corrected chi connectivity index (χ0v) is 13.4. The molecule has 1 aliphatic rings. The summed E-state index contributed by atoms with van der Waals surface area (Å²) in [6.45, 7) is 0. The van der Waals surface area contributed by atoms with Gasteiger partial charge in [0.05, 0.1) is 33.0 Å². The van der Waals surface area contributed by atoms with Gasteiger partial charge in [0.15, 0.2) is 0 Å². The van der Waals surface area contributed by atoms with Crippen LogP contribution < -0.4 is 0 Å². The quantitative estimate of drug-likeness (QED) is 0.461. The van der Waals surface area contributed by atoms with Gasteiger partial charge in [0.1, 0.15) is 5.69 Å². The first kappa shape index (κ1) is 16.9. The van der Waals surface area contributed by atoms with Crippen LogP contribution in [0.2, 0.25) is 0 Å². The number of nitro benzene ring substituents is 2. The number of hydrogen-bond donors (Lipinski definition) is 0. The fraction of sp³-hybridized carbons (Fsp3) is 0. The lowest BCUT2D eigenvalue weighted by molar-refractivity contribution is -0.393. The van der Waals surface area contributed by atoms with Crippen molar-refractivity contribution in [3.8, 4) is 0 Å². The number of nitro groups is 2. The average molecular weight is 348 g/mol. The molecule has 0 fully saturated rings. The predicted octanol–water partition coefficient (Wildman–Crippen LogP) is 4.47. The van der Waals surface area contributed by atoms with Gasteiger partial charge in [-0.15, -0.1) is 0 Å². The van der Waals surface area contributed by atoms with Crippen molar-refractivity contribution in [1.29, 1.82) is 0 Å². The highest BCUT2D eigenvalue weighted by molar-refractivity contribution is 6.19. The Kier molecular flexibility index (Phi) is 4.75. The minimum absolute atomic E-state index is 0.0494. The van der Waals surface area contributed by atoms with E-state index in [0.29, 0.717) is 11.4 Å². The lowest BCUT2D eigenvalue weighted by Gasteiger charge is -2.04. The van der Waals surface area contributed by atoms with Crippen LogP contribution in [-0.4, -0.2) is 21.3 Å². The molecule has 0 aliphatic heterocycles. The Hall–Kier alpha value is -3.94. The molecule has 0 spiro atoms. The number of non-ortho nitro benzene ring substituents is 1. The second-order valence-electron chi connectivity index (χ2n) is 5.26. The summed E-state index contributed by atoms with van der Waals surface area (Å²) >= 11 is 0. The Labute approximate surface area is 147 Å². The zero-order valence-electron chi connectivity index (χ0n) is 13.4. The summed E-state index contributed by atoms with van der Waals surface area (Å²) < 4.78 is 0. The van der Waals surface area contributed by atoms with Gasteiger partial charge >= 0.3 is 5.69 Å². The molecule has 26 heavy (non-hydrogen) atoms. The molecule has 0 unspecified atom stereocenters. The van der Waals surface area contributed by atoms with E-state index in [2.05, 4.69) is 9.98 Å². The first-order chi connectivity index (χ1) is 12.5. The summed E-state index contributed by atoms with van der Waals surface area (Å²) in [6, 6.07) is 12.8. The molecule has 0 heterocycles. The van der Waals surface area contributed by atoms with E-state index >= 15 is 0 Å². The predicted molar refractivity (Wildman–Crippen MR) is 98.7 cm³/mol. The van der Waals surface area contributed by atoms with Crippen molar-refractivity contribution in [2.45, 2.75) is 0 Å². The Balaban J connectivity index is 1.87. The summed E-state index contributed by atoms with van der Waals surface area (Å²) in [5.74, 6) is 0. The summed E-state index contributed by atoms with van der Waals surface area (Å²) in [4.78, 5) is 29.2. The molecule has 0 atom stereocenters. The van der Waals surface area contributed by atoms with E-state index in [9.17, 15) is 20.2 Å². The van der Waals surface area contributed by atoms with Crippen LogP contribution in [0.3, 0.4) is 0 Å². The summed E-state index contributed by atoms with van der Waals surface area (Å²) in [6.07, 6.45) is 6.83. The molecule has 2 aromatic rings. The second-order valence-corrected chi connectivity index (χ2v) is 5.26. The molecule has 8 heteroatoms. The van der Waals surface area contributed by atoms with Gasteiger partial charge in [-0.05, 0) is 42.5 Å². The van der Waals surface area contributed by atoms with E-state index in [1.165, 1.54) is 12.1 Å². The van der Waals surface area contributed by atoms with E-state index < -0.39 is 15.5 Å². The number of benzene rings is 2. The molecule has 0 saturated heterocycles. The van der Waals surface area contributed by atoms with Crippen molar-refractivity contribution >= 4 is 34.2 Å². The number of para-hydroxylation sites is 1. The van der Waals surface area contributed by atoms with Gasteiger partial charge in [-0.3, -0.25) is 20.2 Å². The highest BCUT2D eigenvalue weighted by Gasteiger charge is 2.19. The molecular weight excluding hydrogens is 336 g/mol. The van der Waals surface area contributed by atoms with E-state index in [1.54, 1.807) is 24.3 Å². The fourth-order valence-corrected chi connectivity index (χ4v) is 2.26. The summed E-state index contributed by atoms with van der Waals surface area (Å²) in [5, 5.41) is 21.9. The van der Waals surface area contributed by atoms with Gasteiger partial charge in [-0.1, -0.05) is 18.2 Å². The summed E-state index contributed by atoms with van der Waals surface area (Å²) in [5.41, 5.74) is 1.28. The topological polar surface area (TPSA) is 111 Å². The third-order valence-corrected chi connectivity index (χ3v) is 3.48. The molecule has 0 radical (unpaired) electrons. The molecule has 0 amide bonds. The first-order valence-corrected chi connectivity index (χ1v) is 7.54. The van der Waals surface area contributed by atoms with Crippen molar-refractivity contribution in [2.75, 3.05) is 0 Å². The van der Waals surface area contributed by atoms with Gasteiger partial charge in [0.2, 0.25) is 0 Å². The highest BCUT2D eigenvalue weighted by atomic mass is 16.6. The number of hydrogen-bond acceptors (Lipinski definition) is 6. The largest absolute Gasteiger partial charge is 0.301 e. The van der Waals surface area contributed by atoms with Crippen molar-refractivity contribution in [3.63, 3.8) is 0 Å². The van der Waals surface area contributed by atoms with E-state index in [-0.39, 0.29) is 11.4 Å². The third-order valence-electron chi connectivity index (χ3n) is 3.48. The molecule has 8 nitrogen and oxygen atoms in total. The lowest BCUT2D eigenvalue weighted by atomic mass is 10.1. The van der Waals surface area contributed by atoms with Gasteiger partial charge in [0, 0.05) is 6.07 Å².